The summed E-state index contributed by atoms with van der Waals surface area (Å²) in [5.74, 6) is 2.80. The van der Waals surface area contributed by atoms with Crippen molar-refractivity contribution in [2.45, 2.75) is 109 Å². The van der Waals surface area contributed by atoms with Gasteiger partial charge in [-0.1, -0.05) is 120 Å². The number of allylic oxidation sites excluding steroid dienone is 2. The Morgan fingerprint density at radius 2 is 1.19 bits per heavy atom. The van der Waals surface area contributed by atoms with Gasteiger partial charge >= 0.3 is 0 Å². The second kappa shape index (κ2) is 21.9. The lowest BCUT2D eigenvalue weighted by Crippen LogP contribution is -1.96. The Morgan fingerprint density at radius 3 is 1.53 bits per heavy atom. The van der Waals surface area contributed by atoms with Gasteiger partial charge in [-0.15, -0.1) is 0 Å². The molecule has 2 aromatic carbocycles. The van der Waals surface area contributed by atoms with E-state index in [-0.39, 0.29) is 0 Å². The van der Waals surface area contributed by atoms with Gasteiger partial charge in [0.25, 0.3) is 0 Å². The Labute approximate surface area is 225 Å². The Kier molecular flexibility index (Phi) is 21.8. The molecule has 0 fully saturated rings. The summed E-state index contributed by atoms with van der Waals surface area (Å²) >= 11 is 0. The molecule has 0 saturated heterocycles. The summed E-state index contributed by atoms with van der Waals surface area (Å²) in [4.78, 5) is 5.48. The van der Waals surface area contributed by atoms with Crippen molar-refractivity contribution in [3.8, 4) is 0 Å². The second-order valence-corrected chi connectivity index (χ2v) is 10.6. The predicted octanol–water partition coefficient (Wildman–Crippen LogP) is 11.0. The van der Waals surface area contributed by atoms with Crippen LogP contribution in [0.25, 0.3) is 0 Å². The first-order valence-electron chi connectivity index (χ1n) is 13.9. The van der Waals surface area contributed by atoms with Gasteiger partial charge in [-0.05, 0) is 82.4 Å². The third-order valence-corrected chi connectivity index (χ3v) is 5.05. The maximum atomic E-state index is 5.48. The minimum atomic E-state index is 0.436. The van der Waals surface area contributed by atoms with Crippen molar-refractivity contribution >= 4 is 6.21 Å². The maximum Gasteiger partial charge on any atom is 0.131 e. The van der Waals surface area contributed by atoms with E-state index in [0.717, 1.165) is 24.5 Å². The number of aryl methyl sites for hydroxylation is 5. The first-order valence-corrected chi connectivity index (χ1v) is 13.9. The smallest absolute Gasteiger partial charge is 0.131 e. The van der Waals surface area contributed by atoms with Crippen molar-refractivity contribution in [2.75, 3.05) is 0 Å². The number of hydrogen-bond donors (Lipinski definition) is 0. The summed E-state index contributed by atoms with van der Waals surface area (Å²) in [6.07, 6.45) is 7.29. The molecule has 204 valence electrons. The summed E-state index contributed by atoms with van der Waals surface area (Å²) < 4.78 is 0. The molecule has 0 atom stereocenters. The Bertz CT molecular complexity index is 788. The van der Waals surface area contributed by atoms with E-state index in [1.807, 2.05) is 20.1 Å². The van der Waals surface area contributed by atoms with Crippen molar-refractivity contribution in [1.29, 1.82) is 0 Å². The van der Waals surface area contributed by atoms with Crippen molar-refractivity contribution in [2.24, 2.45) is 22.9 Å². The first kappa shape index (κ1) is 35.8. The molecule has 2 aromatic rings. The molecule has 0 bridgehead atoms. The third kappa shape index (κ3) is 22.1. The number of hydrogen-bond acceptors (Lipinski definition) is 2. The average molecular weight is 496 g/mol. The van der Waals surface area contributed by atoms with E-state index in [2.05, 4.69) is 130 Å². The van der Waals surface area contributed by atoms with Crippen LogP contribution in [0, 0.1) is 52.4 Å². The fraction of sp³-hybridized carbons (Fsp3) is 0.559. The van der Waals surface area contributed by atoms with Gasteiger partial charge in [-0.3, -0.25) is 0 Å². The maximum absolute atomic E-state index is 5.48. The lowest BCUT2D eigenvalue weighted by atomic mass is 10.1. The zero-order valence-electron chi connectivity index (χ0n) is 25.9. The molecule has 0 aromatic heterocycles. The van der Waals surface area contributed by atoms with Crippen LogP contribution in [0.15, 0.2) is 59.5 Å². The molecule has 36 heavy (non-hydrogen) atoms. The molecule has 0 aliphatic heterocycles. The molecule has 0 N–H and O–H groups in total. The van der Waals surface area contributed by atoms with E-state index in [4.69, 9.17) is 4.84 Å². The highest BCUT2D eigenvalue weighted by molar-refractivity contribution is 5.58. The molecular weight excluding hydrogens is 438 g/mol. The van der Waals surface area contributed by atoms with Crippen molar-refractivity contribution in [3.63, 3.8) is 0 Å². The molecule has 0 saturated carbocycles. The van der Waals surface area contributed by atoms with Crippen LogP contribution >= 0.6 is 0 Å². The van der Waals surface area contributed by atoms with Gasteiger partial charge in [0, 0.05) is 12.6 Å². The highest BCUT2D eigenvalue weighted by Crippen LogP contribution is 2.15. The standard InChI is InChI=1S/C15H29NO.C9H12.C8H10.C2H6/c1-12(2)8-7-9-15(10-13(3)4)17-16-11-14(5)6;1-7-4-8(2)6-9(3)5-7;1-7-5-3-4-6-8(7)2;1-2/h9,11-14H,7-8,10H2,1-6H3;4-6H,1-3H3;3-6H,1-2H3;1-2H3/b15-9-,16-11+;;;. The van der Waals surface area contributed by atoms with E-state index >= 15 is 0 Å². The molecule has 0 spiro atoms. The largest absolute Gasteiger partial charge is 0.362 e. The first-order chi connectivity index (χ1) is 16.9. The molecule has 0 aliphatic carbocycles. The quantitative estimate of drug-likeness (QED) is 0.203. The van der Waals surface area contributed by atoms with Crippen LogP contribution in [0.4, 0.5) is 0 Å². The lowest BCUT2D eigenvalue weighted by Gasteiger charge is -2.08. The van der Waals surface area contributed by atoms with Crippen LogP contribution in [-0.2, 0) is 4.84 Å². The molecule has 0 unspecified atom stereocenters. The fourth-order valence-electron chi connectivity index (χ4n) is 3.22. The number of benzene rings is 2. The normalized spacial score (nSPS) is 10.9. The summed E-state index contributed by atoms with van der Waals surface area (Å²) in [6.45, 7) is 27.7. The Balaban J connectivity index is 0. The third-order valence-electron chi connectivity index (χ3n) is 5.05. The number of nitrogens with zero attached hydrogens (tertiary/aromatic N) is 1. The van der Waals surface area contributed by atoms with Gasteiger partial charge in [0.1, 0.15) is 5.76 Å². The van der Waals surface area contributed by atoms with E-state index in [0.29, 0.717) is 11.8 Å². The fourth-order valence-corrected chi connectivity index (χ4v) is 3.22. The molecule has 0 radical (unpaired) electrons. The Morgan fingerprint density at radius 1 is 0.750 bits per heavy atom. The SMILES string of the molecule is CC.CC(C)/C=N/O/C(=C\CCC(C)C)CC(C)C.Cc1cc(C)cc(C)c1.Cc1ccccc1C. The van der Waals surface area contributed by atoms with E-state index in [1.165, 1.54) is 34.2 Å². The lowest BCUT2D eigenvalue weighted by molar-refractivity contribution is 0.206. The van der Waals surface area contributed by atoms with Crippen LogP contribution < -0.4 is 0 Å². The van der Waals surface area contributed by atoms with Crippen LogP contribution in [0.2, 0.25) is 0 Å². The predicted molar refractivity (Wildman–Crippen MR) is 164 cm³/mol. The van der Waals surface area contributed by atoms with Gasteiger partial charge in [-0.2, -0.15) is 0 Å². The number of oxime groups is 1. The van der Waals surface area contributed by atoms with Gasteiger partial charge in [0.2, 0.25) is 0 Å². The van der Waals surface area contributed by atoms with Crippen LogP contribution in [-0.4, -0.2) is 6.21 Å². The molecular formula is C34H57NO. The van der Waals surface area contributed by atoms with Crippen molar-refractivity contribution in [1.82, 2.24) is 0 Å². The Hall–Kier alpha value is -2.35. The summed E-state index contributed by atoms with van der Waals surface area (Å²) in [7, 11) is 0. The monoisotopic (exact) mass is 495 g/mol. The summed E-state index contributed by atoms with van der Waals surface area (Å²) in [5, 5.41) is 4.03. The topological polar surface area (TPSA) is 21.6 Å². The van der Waals surface area contributed by atoms with Crippen LogP contribution in [0.1, 0.15) is 102 Å². The highest BCUT2D eigenvalue weighted by Gasteiger charge is 2.03. The van der Waals surface area contributed by atoms with Gasteiger partial charge < -0.3 is 4.84 Å². The molecule has 0 aliphatic rings. The minimum Gasteiger partial charge on any atom is -0.362 e. The molecule has 2 rings (SSSR count). The molecule has 0 heterocycles. The average Bonchev–Trinajstić information content (AvgIpc) is 2.76. The van der Waals surface area contributed by atoms with E-state index in [1.54, 1.807) is 0 Å². The van der Waals surface area contributed by atoms with E-state index in [9.17, 15) is 0 Å². The van der Waals surface area contributed by atoms with Crippen LogP contribution in [0.3, 0.4) is 0 Å². The molecule has 0 amide bonds. The van der Waals surface area contributed by atoms with Gasteiger partial charge in [0.15, 0.2) is 0 Å². The minimum absolute atomic E-state index is 0.436. The number of rotatable bonds is 8. The van der Waals surface area contributed by atoms with Gasteiger partial charge in [0.05, 0.1) is 0 Å². The zero-order valence-corrected chi connectivity index (χ0v) is 25.9. The van der Waals surface area contributed by atoms with Gasteiger partial charge in [-0.25, -0.2) is 0 Å². The highest BCUT2D eigenvalue weighted by atomic mass is 16.6. The van der Waals surface area contributed by atoms with Crippen molar-refractivity contribution < 1.29 is 4.84 Å². The van der Waals surface area contributed by atoms with E-state index < -0.39 is 0 Å². The summed E-state index contributed by atoms with van der Waals surface area (Å²) in [5.41, 5.74) is 6.80. The zero-order chi connectivity index (χ0) is 28.1. The molecule has 2 heteroatoms. The second-order valence-electron chi connectivity index (χ2n) is 10.6. The molecule has 2 nitrogen and oxygen atoms in total. The van der Waals surface area contributed by atoms with Crippen LogP contribution in [0.5, 0.6) is 0 Å². The van der Waals surface area contributed by atoms with Crippen molar-refractivity contribution in [3.05, 3.63) is 82.1 Å². The summed E-state index contributed by atoms with van der Waals surface area (Å²) in [6, 6.07) is 14.9.